The Labute approximate surface area is 120 Å². The quantitative estimate of drug-likeness (QED) is 0.532. The highest BCUT2D eigenvalue weighted by atomic mass is 14.6. The van der Waals surface area contributed by atoms with Gasteiger partial charge in [0.05, 0.1) is 0 Å². The molecule has 0 radical (unpaired) electrons. The van der Waals surface area contributed by atoms with E-state index in [9.17, 15) is 0 Å². The van der Waals surface area contributed by atoms with Crippen LogP contribution < -0.4 is 0 Å². The molecule has 0 nitrogen and oxygen atoms in total. The Hall–Kier alpha value is 0.0649. The molecule has 4 bridgehead atoms. The molecule has 0 aromatic carbocycles. The predicted octanol–water partition coefficient (Wildman–Crippen LogP) is 5.66. The van der Waals surface area contributed by atoms with E-state index >= 15 is 0 Å². The van der Waals surface area contributed by atoms with Crippen LogP contribution in [0.25, 0.3) is 0 Å². The van der Waals surface area contributed by atoms with Crippen LogP contribution in [0.1, 0.15) is 72.1 Å². The largest absolute Gasteiger partial charge is 0.149 e. The van der Waals surface area contributed by atoms with Gasteiger partial charge in [-0.25, -0.2) is 0 Å². The molecule has 106 valence electrons. The van der Waals surface area contributed by atoms with Gasteiger partial charge in [0.25, 0.3) is 0 Å². The summed E-state index contributed by atoms with van der Waals surface area (Å²) in [7, 11) is 0. The standard InChI is InChI=1S/C18H31B/c1-12-16-10-13(18(16,2)3)11-17(12)19-14-6-4-7-15(19)9-5-8-14/h12-17H,4-11H2,1-3H3/t12-,13+,14?,15?,16-,17-/m0/s1. The molecule has 2 heterocycles. The highest BCUT2D eigenvalue weighted by Gasteiger charge is 2.59. The van der Waals surface area contributed by atoms with E-state index in [1.54, 1.807) is 51.4 Å². The van der Waals surface area contributed by atoms with E-state index in [-0.39, 0.29) is 0 Å². The van der Waals surface area contributed by atoms with Gasteiger partial charge < -0.3 is 0 Å². The van der Waals surface area contributed by atoms with Gasteiger partial charge in [0.1, 0.15) is 6.71 Å². The minimum atomic E-state index is 0.680. The molecule has 3 saturated carbocycles. The summed E-state index contributed by atoms with van der Waals surface area (Å²) in [6, 6.07) is 0. The number of hydrogen-bond donors (Lipinski definition) is 0. The van der Waals surface area contributed by atoms with Crippen molar-refractivity contribution in [2.45, 2.75) is 89.6 Å². The lowest BCUT2D eigenvalue weighted by atomic mass is 9.18. The Morgan fingerprint density at radius 2 is 1.47 bits per heavy atom. The molecule has 0 N–H and O–H groups in total. The Morgan fingerprint density at radius 3 is 1.95 bits per heavy atom. The van der Waals surface area contributed by atoms with E-state index in [2.05, 4.69) is 20.8 Å². The molecule has 5 rings (SSSR count). The van der Waals surface area contributed by atoms with Crippen LogP contribution in [0.2, 0.25) is 17.5 Å². The van der Waals surface area contributed by atoms with Gasteiger partial charge in [-0.15, -0.1) is 0 Å². The topological polar surface area (TPSA) is 0 Å². The molecule has 0 unspecified atom stereocenters. The SMILES string of the molecule is C[C@@H]1[C@@H](B2C3CCCC2CCC3)C[C@H]2C[C@@H]1C2(C)C. The van der Waals surface area contributed by atoms with Crippen molar-refractivity contribution in [2.75, 3.05) is 0 Å². The number of fused-ring (bicyclic) bond motifs is 5. The molecule has 0 aromatic heterocycles. The van der Waals surface area contributed by atoms with Crippen molar-refractivity contribution >= 4 is 6.71 Å². The average molecular weight is 258 g/mol. The highest BCUT2D eigenvalue weighted by Crippen LogP contribution is 2.67. The number of hydrogen-bond acceptors (Lipinski definition) is 0. The fraction of sp³-hybridized carbons (Fsp3) is 1.00. The Balaban J connectivity index is 1.57. The van der Waals surface area contributed by atoms with Gasteiger partial charge in [-0.2, -0.15) is 0 Å². The van der Waals surface area contributed by atoms with E-state index in [0.717, 1.165) is 41.9 Å². The van der Waals surface area contributed by atoms with Crippen molar-refractivity contribution in [3.05, 3.63) is 0 Å². The summed E-state index contributed by atoms with van der Waals surface area (Å²) in [5, 5.41) is 0. The van der Waals surface area contributed by atoms with Crippen LogP contribution >= 0.6 is 0 Å². The summed E-state index contributed by atoms with van der Waals surface area (Å²) >= 11 is 0. The van der Waals surface area contributed by atoms with E-state index in [4.69, 9.17) is 0 Å². The van der Waals surface area contributed by atoms with Crippen molar-refractivity contribution in [2.24, 2.45) is 23.2 Å². The average Bonchev–Trinajstić information content (AvgIpc) is 2.37. The van der Waals surface area contributed by atoms with Gasteiger partial charge in [0, 0.05) is 0 Å². The molecule has 19 heavy (non-hydrogen) atoms. The molecular formula is C18H31B. The summed E-state index contributed by atoms with van der Waals surface area (Å²) in [5.74, 6) is 6.50. The fourth-order valence-electron chi connectivity index (χ4n) is 7.12. The first-order valence-electron chi connectivity index (χ1n) is 9.09. The molecular weight excluding hydrogens is 227 g/mol. The normalized spacial score (nSPS) is 51.6. The van der Waals surface area contributed by atoms with Gasteiger partial charge in [-0.05, 0) is 29.6 Å². The highest BCUT2D eigenvalue weighted by molar-refractivity contribution is 6.64. The van der Waals surface area contributed by atoms with Crippen LogP contribution in [0.3, 0.4) is 0 Å². The minimum absolute atomic E-state index is 0.680. The third-order valence-electron chi connectivity index (χ3n) is 8.30. The van der Waals surface area contributed by atoms with Gasteiger partial charge in [0.2, 0.25) is 0 Å². The van der Waals surface area contributed by atoms with Crippen molar-refractivity contribution in [1.29, 1.82) is 0 Å². The van der Waals surface area contributed by atoms with Gasteiger partial charge in [-0.3, -0.25) is 0 Å². The molecule has 5 aliphatic rings. The molecule has 4 atom stereocenters. The van der Waals surface area contributed by atoms with Crippen LogP contribution in [-0.2, 0) is 0 Å². The molecule has 0 amide bonds. The third kappa shape index (κ3) is 1.72. The summed E-state index contributed by atoms with van der Waals surface area (Å²) in [5.41, 5.74) is 0.680. The monoisotopic (exact) mass is 258 g/mol. The van der Waals surface area contributed by atoms with Crippen molar-refractivity contribution in [1.82, 2.24) is 0 Å². The zero-order valence-corrected chi connectivity index (χ0v) is 13.2. The first kappa shape index (κ1) is 12.8. The summed E-state index contributed by atoms with van der Waals surface area (Å²) < 4.78 is 0. The second-order valence-electron chi connectivity index (χ2n) is 9.08. The van der Waals surface area contributed by atoms with E-state index in [0.29, 0.717) is 5.41 Å². The first-order valence-corrected chi connectivity index (χ1v) is 9.09. The summed E-state index contributed by atoms with van der Waals surface area (Å²) in [6.07, 6.45) is 12.5. The van der Waals surface area contributed by atoms with E-state index in [1.807, 2.05) is 0 Å². The third-order valence-corrected chi connectivity index (χ3v) is 8.30. The predicted molar refractivity (Wildman–Crippen MR) is 83.9 cm³/mol. The van der Waals surface area contributed by atoms with Crippen LogP contribution in [0.5, 0.6) is 0 Å². The van der Waals surface area contributed by atoms with Crippen LogP contribution in [0.15, 0.2) is 0 Å². The molecule has 1 heteroatoms. The second-order valence-corrected chi connectivity index (χ2v) is 9.08. The summed E-state index contributed by atoms with van der Waals surface area (Å²) in [6.45, 7) is 8.87. The van der Waals surface area contributed by atoms with Crippen LogP contribution in [-0.4, -0.2) is 6.71 Å². The first-order chi connectivity index (χ1) is 9.09. The second kappa shape index (κ2) is 4.28. The van der Waals surface area contributed by atoms with Crippen molar-refractivity contribution in [3.63, 3.8) is 0 Å². The molecule has 0 spiro atoms. The van der Waals surface area contributed by atoms with Gasteiger partial charge in [-0.1, -0.05) is 83.2 Å². The Kier molecular flexibility index (Phi) is 2.88. The summed E-state index contributed by atoms with van der Waals surface area (Å²) in [4.78, 5) is 0. The smallest absolute Gasteiger partial charge is 0.0626 e. The number of rotatable bonds is 1. The zero-order chi connectivity index (χ0) is 13.2. The molecule has 2 saturated heterocycles. The Bertz CT molecular complexity index is 339. The maximum Gasteiger partial charge on any atom is 0.149 e. The van der Waals surface area contributed by atoms with Crippen molar-refractivity contribution < 1.29 is 0 Å². The Morgan fingerprint density at radius 1 is 0.895 bits per heavy atom. The van der Waals surface area contributed by atoms with Crippen molar-refractivity contribution in [3.8, 4) is 0 Å². The van der Waals surface area contributed by atoms with Crippen LogP contribution in [0, 0.1) is 23.2 Å². The fourth-order valence-corrected chi connectivity index (χ4v) is 7.12. The van der Waals surface area contributed by atoms with E-state index < -0.39 is 0 Å². The maximum atomic E-state index is 2.62. The van der Waals surface area contributed by atoms with Gasteiger partial charge >= 0.3 is 0 Å². The molecule has 0 aromatic rings. The van der Waals surface area contributed by atoms with E-state index in [1.165, 1.54) is 0 Å². The van der Waals surface area contributed by atoms with Crippen LogP contribution in [0.4, 0.5) is 0 Å². The zero-order valence-electron chi connectivity index (χ0n) is 13.2. The minimum Gasteiger partial charge on any atom is -0.0626 e. The maximum absolute atomic E-state index is 2.62. The lowest BCUT2D eigenvalue weighted by Gasteiger charge is -2.64. The molecule has 2 aliphatic heterocycles. The van der Waals surface area contributed by atoms with Gasteiger partial charge in [0.15, 0.2) is 0 Å². The molecule has 3 aliphatic carbocycles. The lowest BCUT2D eigenvalue weighted by molar-refractivity contribution is -0.0998. The lowest BCUT2D eigenvalue weighted by Crippen LogP contribution is -2.57. The molecule has 5 fully saturated rings.